The molecule has 112 valence electrons. The first-order chi connectivity index (χ1) is 9.86. The number of nitrogens with zero attached hydrogens (tertiary/aromatic N) is 2. The van der Waals surface area contributed by atoms with Crippen molar-refractivity contribution in [2.24, 2.45) is 0 Å². The van der Waals surface area contributed by atoms with E-state index in [1.807, 2.05) is 0 Å². The molecule has 0 amide bonds. The highest BCUT2D eigenvalue weighted by Crippen LogP contribution is 2.27. The zero-order chi connectivity index (χ0) is 15.5. The molecule has 0 aliphatic carbocycles. The number of alkyl halides is 3. The summed E-state index contributed by atoms with van der Waals surface area (Å²) in [5.41, 5.74) is -0.131. The summed E-state index contributed by atoms with van der Waals surface area (Å²) in [7, 11) is -1.04. The Labute approximate surface area is 121 Å². The van der Waals surface area contributed by atoms with Gasteiger partial charge in [-0.2, -0.15) is 13.2 Å². The molecule has 0 aliphatic rings. The number of nitrogens with one attached hydrogen (secondary N) is 1. The fourth-order valence-electron chi connectivity index (χ4n) is 1.57. The van der Waals surface area contributed by atoms with Gasteiger partial charge in [0.1, 0.15) is 5.82 Å². The second kappa shape index (κ2) is 6.21. The van der Waals surface area contributed by atoms with Gasteiger partial charge in [0.2, 0.25) is 0 Å². The number of anilines is 1. The van der Waals surface area contributed by atoms with E-state index >= 15 is 0 Å². The Morgan fingerprint density at radius 1 is 1.10 bits per heavy atom. The molecule has 0 aliphatic heterocycles. The van der Waals surface area contributed by atoms with Gasteiger partial charge in [0, 0.05) is 28.5 Å². The van der Waals surface area contributed by atoms with Crippen LogP contribution >= 0.6 is 0 Å². The fourth-order valence-corrected chi connectivity index (χ4v) is 2.09. The van der Waals surface area contributed by atoms with Crippen molar-refractivity contribution in [1.29, 1.82) is 0 Å². The van der Waals surface area contributed by atoms with Crippen molar-refractivity contribution in [2.75, 3.05) is 11.6 Å². The van der Waals surface area contributed by atoms with Gasteiger partial charge in [0.05, 0.1) is 0 Å². The smallest absolute Gasteiger partial charge is 0.365 e. The summed E-state index contributed by atoms with van der Waals surface area (Å²) in [5.74, 6) is 0.256. The predicted octanol–water partition coefficient (Wildman–Crippen LogP) is 2.84. The molecule has 0 saturated heterocycles. The van der Waals surface area contributed by atoms with Gasteiger partial charge in [-0.25, -0.2) is 0 Å². The van der Waals surface area contributed by atoms with E-state index in [0.717, 1.165) is 11.6 Å². The van der Waals surface area contributed by atoms with Gasteiger partial charge in [-0.1, -0.05) is 12.1 Å². The van der Waals surface area contributed by atoms with Crippen molar-refractivity contribution in [3.8, 4) is 0 Å². The fraction of sp³-hybridized carbons (Fsp3) is 0.231. The van der Waals surface area contributed by atoms with Crippen LogP contribution in [0.3, 0.4) is 0 Å². The molecular weight excluding hydrogens is 303 g/mol. The van der Waals surface area contributed by atoms with Gasteiger partial charge in [-0.3, -0.25) is 4.21 Å². The van der Waals surface area contributed by atoms with Crippen LogP contribution in [0.15, 0.2) is 41.3 Å². The molecule has 1 N–H and O–H groups in total. The minimum Gasteiger partial charge on any atom is -0.365 e. The lowest BCUT2D eigenvalue weighted by Crippen LogP contribution is -2.10. The zero-order valence-corrected chi connectivity index (χ0v) is 11.8. The zero-order valence-electron chi connectivity index (χ0n) is 11.0. The molecule has 0 fully saturated rings. The molecule has 1 aromatic heterocycles. The van der Waals surface area contributed by atoms with E-state index in [1.54, 1.807) is 30.5 Å². The Morgan fingerprint density at radius 3 is 2.24 bits per heavy atom. The van der Waals surface area contributed by atoms with E-state index < -0.39 is 22.7 Å². The average Bonchev–Trinajstić information content (AvgIpc) is 2.45. The van der Waals surface area contributed by atoms with E-state index in [0.29, 0.717) is 11.4 Å². The molecule has 1 atom stereocenters. The second-order valence-corrected chi connectivity index (χ2v) is 5.63. The highest BCUT2D eigenvalue weighted by atomic mass is 32.2. The molecular formula is C13H12F3N3OS. The molecule has 0 radical (unpaired) electrons. The van der Waals surface area contributed by atoms with E-state index in [2.05, 4.69) is 15.5 Å². The lowest BCUT2D eigenvalue weighted by Gasteiger charge is -2.07. The molecule has 1 aromatic carbocycles. The van der Waals surface area contributed by atoms with Crippen LogP contribution < -0.4 is 5.32 Å². The normalized spacial score (nSPS) is 13.0. The van der Waals surface area contributed by atoms with Gasteiger partial charge < -0.3 is 5.32 Å². The number of rotatable bonds is 4. The van der Waals surface area contributed by atoms with Crippen LogP contribution in [0.4, 0.5) is 19.0 Å². The van der Waals surface area contributed by atoms with Crippen LogP contribution in [0.2, 0.25) is 0 Å². The van der Waals surface area contributed by atoms with E-state index in [1.165, 1.54) is 6.07 Å². The molecule has 2 rings (SSSR count). The van der Waals surface area contributed by atoms with E-state index in [-0.39, 0.29) is 5.82 Å². The highest BCUT2D eigenvalue weighted by molar-refractivity contribution is 7.84. The Balaban J connectivity index is 1.98. The van der Waals surface area contributed by atoms with Crippen molar-refractivity contribution < 1.29 is 17.4 Å². The third-order valence-corrected chi connectivity index (χ3v) is 3.62. The van der Waals surface area contributed by atoms with Crippen molar-refractivity contribution in [2.45, 2.75) is 17.6 Å². The van der Waals surface area contributed by atoms with Crippen LogP contribution in [0.25, 0.3) is 0 Å². The average molecular weight is 315 g/mol. The number of benzene rings is 1. The summed E-state index contributed by atoms with van der Waals surface area (Å²) in [6, 6.07) is 9.17. The van der Waals surface area contributed by atoms with E-state index in [4.69, 9.17) is 0 Å². The monoisotopic (exact) mass is 315 g/mol. The molecule has 21 heavy (non-hydrogen) atoms. The van der Waals surface area contributed by atoms with Crippen molar-refractivity contribution in [1.82, 2.24) is 10.2 Å². The quantitative estimate of drug-likeness (QED) is 0.942. The third kappa shape index (κ3) is 4.25. The van der Waals surface area contributed by atoms with Crippen LogP contribution in [-0.2, 0) is 23.5 Å². The van der Waals surface area contributed by atoms with Gasteiger partial charge in [0.25, 0.3) is 0 Å². The molecule has 0 spiro atoms. The summed E-state index contributed by atoms with van der Waals surface area (Å²) < 4.78 is 48.2. The highest BCUT2D eigenvalue weighted by Gasteiger charge is 2.32. The summed E-state index contributed by atoms with van der Waals surface area (Å²) >= 11 is 0. The van der Waals surface area contributed by atoms with Crippen LogP contribution in [0.1, 0.15) is 11.3 Å². The van der Waals surface area contributed by atoms with Crippen LogP contribution in [0, 0.1) is 0 Å². The largest absolute Gasteiger partial charge is 0.435 e. The minimum absolute atomic E-state index is 0.256. The first-order valence-corrected chi connectivity index (χ1v) is 7.49. The molecule has 0 bridgehead atoms. The topological polar surface area (TPSA) is 54.9 Å². The molecule has 0 saturated carbocycles. The van der Waals surface area contributed by atoms with E-state index in [9.17, 15) is 17.4 Å². The lowest BCUT2D eigenvalue weighted by molar-refractivity contribution is -0.141. The van der Waals surface area contributed by atoms with Crippen LogP contribution in [-0.4, -0.2) is 20.7 Å². The number of hydrogen-bond donors (Lipinski definition) is 1. The lowest BCUT2D eigenvalue weighted by atomic mass is 10.2. The molecule has 4 nitrogen and oxygen atoms in total. The Bertz CT molecular complexity index is 627. The SMILES string of the molecule is CS(=O)c1ccc(CNc2ccc(C(F)(F)F)nn2)cc1. The Morgan fingerprint density at radius 2 is 1.76 bits per heavy atom. The first kappa shape index (κ1) is 15.4. The third-order valence-electron chi connectivity index (χ3n) is 2.68. The molecule has 8 heteroatoms. The van der Waals surface area contributed by atoms with Crippen molar-refractivity contribution >= 4 is 16.6 Å². The predicted molar refractivity (Wildman–Crippen MR) is 73.1 cm³/mol. The summed E-state index contributed by atoms with van der Waals surface area (Å²) in [4.78, 5) is 0.716. The van der Waals surface area contributed by atoms with Gasteiger partial charge in [-0.05, 0) is 29.8 Å². The van der Waals surface area contributed by atoms with Gasteiger partial charge in [-0.15, -0.1) is 10.2 Å². The van der Waals surface area contributed by atoms with Crippen molar-refractivity contribution in [3.05, 3.63) is 47.7 Å². The summed E-state index contributed by atoms with van der Waals surface area (Å²) in [6.07, 6.45) is -2.90. The first-order valence-electron chi connectivity index (χ1n) is 5.93. The Hall–Kier alpha value is -1.96. The standard InChI is InChI=1S/C13H12F3N3OS/c1-21(20)10-4-2-9(3-5-10)8-17-12-7-6-11(18-19-12)13(14,15)16/h2-7H,8H2,1H3,(H,17,19). The maximum atomic E-state index is 12.3. The number of aromatic nitrogens is 2. The van der Waals surface area contributed by atoms with Gasteiger partial charge in [0.15, 0.2) is 5.69 Å². The second-order valence-electron chi connectivity index (χ2n) is 4.25. The summed E-state index contributed by atoms with van der Waals surface area (Å²) in [5, 5.41) is 9.47. The maximum absolute atomic E-state index is 12.3. The van der Waals surface area contributed by atoms with Gasteiger partial charge >= 0.3 is 6.18 Å². The summed E-state index contributed by atoms with van der Waals surface area (Å²) in [6.45, 7) is 0.386. The maximum Gasteiger partial charge on any atom is 0.435 e. The number of halogens is 3. The molecule has 1 unspecified atom stereocenters. The number of hydrogen-bond acceptors (Lipinski definition) is 4. The molecule has 2 aromatic rings. The minimum atomic E-state index is -4.49. The molecule has 1 heterocycles. The van der Waals surface area contributed by atoms with Crippen molar-refractivity contribution in [3.63, 3.8) is 0 Å². The Kier molecular flexibility index (Phi) is 4.56. The van der Waals surface area contributed by atoms with Crippen LogP contribution in [0.5, 0.6) is 0 Å².